The minimum Gasteiger partial charge on any atom is -0.378 e. The molecule has 31 heavy (non-hydrogen) atoms. The average molecular weight is 417 g/mol. The molecular weight excluding hydrogens is 398 g/mol. The van der Waals surface area contributed by atoms with Gasteiger partial charge in [-0.15, -0.1) is 5.10 Å². The van der Waals surface area contributed by atoms with E-state index in [-0.39, 0.29) is 17.3 Å². The van der Waals surface area contributed by atoms with E-state index >= 15 is 0 Å². The van der Waals surface area contributed by atoms with Gasteiger partial charge in [-0.1, -0.05) is 47.7 Å². The van der Waals surface area contributed by atoms with Crippen molar-refractivity contribution in [2.24, 2.45) is 5.10 Å². The average Bonchev–Trinajstić information content (AvgIpc) is 3.40. The molecule has 0 fully saturated rings. The highest BCUT2D eigenvalue weighted by Crippen LogP contribution is 2.24. The first kappa shape index (κ1) is 19.8. The maximum Gasteiger partial charge on any atom is 0.292 e. The van der Waals surface area contributed by atoms with Gasteiger partial charge in [0.2, 0.25) is 11.6 Å². The van der Waals surface area contributed by atoms with Crippen LogP contribution in [-0.4, -0.2) is 51.5 Å². The van der Waals surface area contributed by atoms with Crippen LogP contribution in [0.25, 0.3) is 17.1 Å². The third-order valence-electron chi connectivity index (χ3n) is 4.42. The van der Waals surface area contributed by atoms with Crippen LogP contribution in [0.1, 0.15) is 16.1 Å². The van der Waals surface area contributed by atoms with E-state index < -0.39 is 5.91 Å². The first-order valence-electron chi connectivity index (χ1n) is 9.25. The lowest BCUT2D eigenvalue weighted by Crippen LogP contribution is -2.22. The highest BCUT2D eigenvalue weighted by molar-refractivity contribution is 5.99. The zero-order chi connectivity index (χ0) is 21.8. The summed E-state index contributed by atoms with van der Waals surface area (Å²) in [6.45, 7) is 0. The summed E-state index contributed by atoms with van der Waals surface area (Å²) in [5.41, 5.74) is 11.3. The number of aromatic nitrogens is 5. The molecule has 0 aliphatic rings. The number of amides is 1. The first-order valence-corrected chi connectivity index (χ1v) is 9.25. The second-order valence-electron chi connectivity index (χ2n) is 6.72. The number of hydrogen-bond acceptors (Lipinski definition) is 9. The van der Waals surface area contributed by atoms with E-state index in [9.17, 15) is 4.79 Å². The van der Waals surface area contributed by atoms with E-state index in [1.165, 1.54) is 4.68 Å². The molecule has 0 aliphatic carbocycles. The summed E-state index contributed by atoms with van der Waals surface area (Å²) >= 11 is 0. The van der Waals surface area contributed by atoms with Crippen molar-refractivity contribution in [2.75, 3.05) is 24.7 Å². The third-order valence-corrected chi connectivity index (χ3v) is 4.42. The zero-order valence-corrected chi connectivity index (χ0v) is 16.8. The van der Waals surface area contributed by atoms with E-state index in [4.69, 9.17) is 5.73 Å². The van der Waals surface area contributed by atoms with Crippen LogP contribution in [0.3, 0.4) is 0 Å². The van der Waals surface area contributed by atoms with Gasteiger partial charge in [-0.05, 0) is 28.0 Å². The lowest BCUT2D eigenvalue weighted by Gasteiger charge is -2.11. The van der Waals surface area contributed by atoms with Gasteiger partial charge in [-0.3, -0.25) is 4.79 Å². The molecule has 11 nitrogen and oxygen atoms in total. The fourth-order valence-electron chi connectivity index (χ4n) is 2.84. The maximum absolute atomic E-state index is 13.0. The molecule has 0 aliphatic heterocycles. The summed E-state index contributed by atoms with van der Waals surface area (Å²) < 4.78 is 5.81. The van der Waals surface area contributed by atoms with E-state index in [0.717, 1.165) is 11.3 Å². The second kappa shape index (κ2) is 8.45. The van der Waals surface area contributed by atoms with Crippen molar-refractivity contribution in [1.29, 1.82) is 0 Å². The molecule has 0 saturated heterocycles. The van der Waals surface area contributed by atoms with Crippen LogP contribution in [0.2, 0.25) is 0 Å². The van der Waals surface area contributed by atoms with E-state index in [1.807, 2.05) is 73.6 Å². The minimum atomic E-state index is -0.549. The number of nitrogens with one attached hydrogen (secondary N) is 1. The summed E-state index contributed by atoms with van der Waals surface area (Å²) in [6, 6.07) is 16.8. The molecule has 4 aromatic rings. The molecule has 2 aromatic carbocycles. The Morgan fingerprint density at radius 3 is 2.52 bits per heavy atom. The summed E-state index contributed by atoms with van der Waals surface area (Å²) in [7, 11) is 3.92. The SMILES string of the molecule is CN(C)c1ccc(/C=N/NC(=O)c2c(-c3ccccc3)nnn2-c2nonc2N)cc1. The largest absolute Gasteiger partial charge is 0.378 e. The normalized spacial score (nSPS) is 11.0. The Labute approximate surface area is 177 Å². The molecule has 0 bridgehead atoms. The predicted octanol–water partition coefficient (Wildman–Crippen LogP) is 1.73. The monoisotopic (exact) mass is 417 g/mol. The Morgan fingerprint density at radius 1 is 1.13 bits per heavy atom. The predicted molar refractivity (Wildman–Crippen MR) is 115 cm³/mol. The van der Waals surface area contributed by atoms with E-state index in [0.29, 0.717) is 11.3 Å². The number of rotatable bonds is 6. The molecule has 1 amide bonds. The van der Waals surface area contributed by atoms with Crippen molar-refractivity contribution < 1.29 is 9.42 Å². The number of nitrogen functional groups attached to an aromatic ring is 1. The van der Waals surface area contributed by atoms with Gasteiger partial charge >= 0.3 is 0 Å². The number of anilines is 2. The maximum atomic E-state index is 13.0. The Balaban J connectivity index is 1.63. The van der Waals surface area contributed by atoms with Crippen molar-refractivity contribution in [2.45, 2.75) is 0 Å². The molecule has 3 N–H and O–H groups in total. The van der Waals surface area contributed by atoms with Crippen LogP contribution in [0, 0.1) is 0 Å². The number of nitrogens with zero attached hydrogens (tertiary/aromatic N) is 7. The quantitative estimate of drug-likeness (QED) is 0.357. The second-order valence-corrected chi connectivity index (χ2v) is 6.72. The van der Waals surface area contributed by atoms with Gasteiger partial charge in [0.1, 0.15) is 5.69 Å². The summed E-state index contributed by atoms with van der Waals surface area (Å²) in [6.07, 6.45) is 1.54. The van der Waals surface area contributed by atoms with Crippen molar-refractivity contribution in [3.8, 4) is 17.1 Å². The van der Waals surface area contributed by atoms with E-state index in [2.05, 4.69) is 35.8 Å². The highest BCUT2D eigenvalue weighted by atomic mass is 16.6. The number of nitrogens with two attached hydrogens (primary N) is 1. The molecule has 0 unspecified atom stereocenters. The highest BCUT2D eigenvalue weighted by Gasteiger charge is 2.25. The Hall–Kier alpha value is -4.54. The van der Waals surface area contributed by atoms with Crippen LogP contribution < -0.4 is 16.1 Å². The molecule has 156 valence electrons. The fraction of sp³-hybridized carbons (Fsp3) is 0.100. The van der Waals surface area contributed by atoms with Crippen molar-refractivity contribution in [3.05, 3.63) is 65.9 Å². The van der Waals surface area contributed by atoms with Gasteiger partial charge in [0.05, 0.1) is 6.21 Å². The lowest BCUT2D eigenvalue weighted by molar-refractivity contribution is 0.0948. The Kier molecular flexibility index (Phi) is 5.39. The zero-order valence-electron chi connectivity index (χ0n) is 16.8. The number of carbonyl (C=O) groups is 1. The molecule has 0 atom stereocenters. The molecular formula is C20H19N9O2. The van der Waals surface area contributed by atoms with Gasteiger partial charge in [-0.25, -0.2) is 10.1 Å². The minimum absolute atomic E-state index is 0.0250. The molecule has 0 spiro atoms. The van der Waals surface area contributed by atoms with Crippen molar-refractivity contribution in [3.63, 3.8) is 0 Å². The van der Waals surface area contributed by atoms with Gasteiger partial charge < -0.3 is 10.6 Å². The van der Waals surface area contributed by atoms with Crippen molar-refractivity contribution >= 4 is 23.6 Å². The van der Waals surface area contributed by atoms with E-state index in [1.54, 1.807) is 6.21 Å². The first-order chi connectivity index (χ1) is 15.0. The topological polar surface area (TPSA) is 140 Å². The molecule has 11 heteroatoms. The van der Waals surface area contributed by atoms with Crippen LogP contribution >= 0.6 is 0 Å². The fourth-order valence-corrected chi connectivity index (χ4v) is 2.84. The van der Waals surface area contributed by atoms with Crippen LogP contribution in [-0.2, 0) is 0 Å². The molecule has 4 rings (SSSR count). The van der Waals surface area contributed by atoms with Crippen molar-refractivity contribution in [1.82, 2.24) is 30.7 Å². The van der Waals surface area contributed by atoms with Gasteiger partial charge in [0.15, 0.2) is 5.69 Å². The third kappa shape index (κ3) is 4.10. The number of hydrogen-bond donors (Lipinski definition) is 2. The lowest BCUT2D eigenvalue weighted by atomic mass is 10.1. The van der Waals surface area contributed by atoms with Gasteiger partial charge in [0.25, 0.3) is 5.91 Å². The Morgan fingerprint density at radius 2 is 1.87 bits per heavy atom. The van der Waals surface area contributed by atoms with Crippen LogP contribution in [0.5, 0.6) is 0 Å². The summed E-state index contributed by atoms with van der Waals surface area (Å²) in [5.74, 6) is -0.515. The molecule has 0 saturated carbocycles. The van der Waals surface area contributed by atoms with Gasteiger partial charge in [0, 0.05) is 25.3 Å². The summed E-state index contributed by atoms with van der Waals surface area (Å²) in [4.78, 5) is 15.0. The summed E-state index contributed by atoms with van der Waals surface area (Å²) in [5, 5.41) is 19.4. The number of benzene rings is 2. The van der Waals surface area contributed by atoms with Crippen LogP contribution in [0.4, 0.5) is 11.5 Å². The smallest absolute Gasteiger partial charge is 0.292 e. The molecule has 2 heterocycles. The molecule has 2 aromatic heterocycles. The number of hydrazone groups is 1. The standard InChI is InChI=1S/C20H19N9O2/c1-28(2)15-10-8-13(9-11-15)12-22-24-20(30)17-16(14-6-4-3-5-7-14)23-27-29(17)19-18(21)25-31-26-19/h3-12H,1-2H3,(H2,21,25)(H,24,30)/b22-12+. The van der Waals surface area contributed by atoms with Gasteiger partial charge in [-0.2, -0.15) is 9.78 Å². The number of carbonyl (C=O) groups excluding carboxylic acids is 1. The Bertz CT molecular complexity index is 1210. The van der Waals surface area contributed by atoms with Crippen LogP contribution in [0.15, 0.2) is 64.3 Å². The molecule has 0 radical (unpaired) electrons.